The van der Waals surface area contributed by atoms with E-state index in [-0.39, 0.29) is 6.09 Å². The van der Waals surface area contributed by atoms with E-state index in [1.54, 1.807) is 4.90 Å². The predicted octanol–water partition coefficient (Wildman–Crippen LogP) is 2.96. The number of fused-ring (bicyclic) bond motifs is 2. The fourth-order valence-corrected chi connectivity index (χ4v) is 5.04. The molecule has 3 aliphatic rings. The second-order valence-corrected chi connectivity index (χ2v) is 9.26. The number of hydrogen-bond donors (Lipinski definition) is 1. The molecule has 2 atom stereocenters. The lowest BCUT2D eigenvalue weighted by atomic mass is 10.2. The maximum atomic E-state index is 12.3. The molecule has 0 aliphatic carbocycles. The highest BCUT2D eigenvalue weighted by molar-refractivity contribution is 5.67. The van der Waals surface area contributed by atoms with E-state index >= 15 is 0 Å². The van der Waals surface area contributed by atoms with Crippen molar-refractivity contribution in [3.05, 3.63) is 60.2 Å². The summed E-state index contributed by atoms with van der Waals surface area (Å²) in [6.07, 6.45) is 2.35. The van der Waals surface area contributed by atoms with Gasteiger partial charge in [0, 0.05) is 69.7 Å². The largest absolute Gasteiger partial charge is 0.492 e. The fourth-order valence-electron chi connectivity index (χ4n) is 5.04. The van der Waals surface area contributed by atoms with Crippen LogP contribution in [0.25, 0.3) is 0 Å². The van der Waals surface area contributed by atoms with Crippen LogP contribution in [0, 0.1) is 0 Å². The van der Waals surface area contributed by atoms with E-state index < -0.39 is 0 Å². The number of benzene rings is 2. The summed E-state index contributed by atoms with van der Waals surface area (Å²) in [7, 11) is 0. The van der Waals surface area contributed by atoms with Gasteiger partial charge in [0.2, 0.25) is 0 Å². The fraction of sp³-hybridized carbons (Fsp3) is 0.500. The van der Waals surface area contributed by atoms with Crippen LogP contribution >= 0.6 is 0 Å². The molecule has 1 amide bonds. The van der Waals surface area contributed by atoms with Crippen molar-refractivity contribution in [3.8, 4) is 5.75 Å². The van der Waals surface area contributed by atoms with Gasteiger partial charge in [-0.05, 0) is 30.5 Å². The molecule has 1 N–H and O–H groups in total. The summed E-state index contributed by atoms with van der Waals surface area (Å²) < 4.78 is 11.5. The Balaban J connectivity index is 1.02. The number of rotatable bonds is 7. The van der Waals surface area contributed by atoms with Crippen molar-refractivity contribution in [3.63, 3.8) is 0 Å². The summed E-state index contributed by atoms with van der Waals surface area (Å²) in [5.74, 6) is 0.932. The minimum atomic E-state index is -0.229. The second-order valence-electron chi connectivity index (χ2n) is 9.26. The number of nitrogens with zero attached hydrogens (tertiary/aromatic N) is 3. The van der Waals surface area contributed by atoms with E-state index in [0.717, 1.165) is 44.0 Å². The van der Waals surface area contributed by atoms with Crippen LogP contribution in [0.15, 0.2) is 54.6 Å². The topological polar surface area (TPSA) is 57.3 Å². The first-order valence-electron chi connectivity index (χ1n) is 12.1. The standard InChI is InChI=1S/C26H34N4O3/c31-26(33-20-21-5-2-1-3-6-21)29-13-11-28(12-14-29)15-16-32-25-8-4-7-24(17-25)30-18-22-9-10-23(19-30)27-22/h1-8,17,22-23,27H,9-16,18-20H2. The lowest BCUT2D eigenvalue weighted by Gasteiger charge is -2.35. The van der Waals surface area contributed by atoms with Crippen molar-refractivity contribution in [1.82, 2.24) is 15.1 Å². The third kappa shape index (κ3) is 5.78. The van der Waals surface area contributed by atoms with Crippen LogP contribution in [-0.2, 0) is 11.3 Å². The molecule has 2 bridgehead atoms. The maximum Gasteiger partial charge on any atom is 0.410 e. The molecule has 3 heterocycles. The number of nitrogens with one attached hydrogen (secondary N) is 1. The van der Waals surface area contributed by atoms with Crippen molar-refractivity contribution in [2.75, 3.05) is 57.3 Å². The van der Waals surface area contributed by atoms with Crippen molar-refractivity contribution in [2.45, 2.75) is 31.5 Å². The molecule has 0 radical (unpaired) electrons. The highest BCUT2D eigenvalue weighted by atomic mass is 16.6. The lowest BCUT2D eigenvalue weighted by molar-refractivity contribution is 0.0684. The Morgan fingerprint density at radius 2 is 1.70 bits per heavy atom. The molecular formula is C26H34N4O3. The van der Waals surface area contributed by atoms with Crippen LogP contribution in [-0.4, -0.2) is 80.4 Å². The summed E-state index contributed by atoms with van der Waals surface area (Å²) in [5, 5.41) is 3.69. The summed E-state index contributed by atoms with van der Waals surface area (Å²) in [6.45, 7) is 7.05. The van der Waals surface area contributed by atoms with Crippen molar-refractivity contribution in [2.24, 2.45) is 0 Å². The molecule has 33 heavy (non-hydrogen) atoms. The van der Waals surface area contributed by atoms with E-state index in [9.17, 15) is 4.79 Å². The molecule has 3 fully saturated rings. The Kier molecular flexibility index (Phi) is 6.98. The maximum absolute atomic E-state index is 12.3. The molecule has 3 saturated heterocycles. The smallest absolute Gasteiger partial charge is 0.410 e. The van der Waals surface area contributed by atoms with Crippen LogP contribution in [0.4, 0.5) is 10.5 Å². The van der Waals surface area contributed by atoms with Gasteiger partial charge in [-0.1, -0.05) is 36.4 Å². The molecule has 0 spiro atoms. The summed E-state index contributed by atoms with van der Waals surface area (Å²) in [5.41, 5.74) is 2.27. The highest BCUT2D eigenvalue weighted by Crippen LogP contribution is 2.27. The minimum Gasteiger partial charge on any atom is -0.492 e. The van der Waals surface area contributed by atoms with Gasteiger partial charge in [-0.3, -0.25) is 4.90 Å². The molecule has 0 saturated carbocycles. The van der Waals surface area contributed by atoms with Gasteiger partial charge in [0.25, 0.3) is 0 Å². The zero-order valence-electron chi connectivity index (χ0n) is 19.2. The molecular weight excluding hydrogens is 416 g/mol. The van der Waals surface area contributed by atoms with Gasteiger partial charge in [-0.15, -0.1) is 0 Å². The molecule has 2 unspecified atom stereocenters. The second kappa shape index (κ2) is 10.4. The van der Waals surface area contributed by atoms with Crippen LogP contribution in [0.5, 0.6) is 5.75 Å². The molecule has 7 heteroatoms. The molecule has 7 nitrogen and oxygen atoms in total. The Morgan fingerprint density at radius 3 is 2.45 bits per heavy atom. The van der Waals surface area contributed by atoms with E-state index in [4.69, 9.17) is 9.47 Å². The molecule has 2 aromatic rings. The number of amides is 1. The monoisotopic (exact) mass is 450 g/mol. The van der Waals surface area contributed by atoms with Gasteiger partial charge in [-0.25, -0.2) is 4.79 Å². The van der Waals surface area contributed by atoms with Crippen LogP contribution in [0.1, 0.15) is 18.4 Å². The molecule has 3 aliphatic heterocycles. The average Bonchev–Trinajstić information content (AvgIpc) is 3.21. The number of carbonyl (C=O) groups excluding carboxylic acids is 1. The first kappa shape index (κ1) is 22.0. The number of hydrogen-bond acceptors (Lipinski definition) is 6. The zero-order chi connectivity index (χ0) is 22.5. The Hall–Kier alpha value is -2.77. The quantitative estimate of drug-likeness (QED) is 0.700. The van der Waals surface area contributed by atoms with Gasteiger partial charge >= 0.3 is 6.09 Å². The lowest BCUT2D eigenvalue weighted by Crippen LogP contribution is -2.51. The van der Waals surface area contributed by atoms with Gasteiger partial charge in [0.15, 0.2) is 0 Å². The first-order valence-corrected chi connectivity index (χ1v) is 12.1. The third-order valence-electron chi connectivity index (χ3n) is 6.91. The van der Waals surface area contributed by atoms with Gasteiger partial charge in [0.05, 0.1) is 0 Å². The molecule has 0 aromatic heterocycles. The predicted molar refractivity (Wildman–Crippen MR) is 129 cm³/mol. The number of piperazine rings is 2. The number of carbonyl (C=O) groups is 1. The van der Waals surface area contributed by atoms with Gasteiger partial charge in [0.1, 0.15) is 19.0 Å². The minimum absolute atomic E-state index is 0.229. The highest BCUT2D eigenvalue weighted by Gasteiger charge is 2.32. The summed E-state index contributed by atoms with van der Waals surface area (Å²) in [4.78, 5) is 19.0. The van der Waals surface area contributed by atoms with E-state index in [2.05, 4.69) is 33.3 Å². The van der Waals surface area contributed by atoms with Crippen molar-refractivity contribution in [1.29, 1.82) is 0 Å². The first-order chi connectivity index (χ1) is 16.2. The van der Waals surface area contributed by atoms with Gasteiger partial charge in [-0.2, -0.15) is 0 Å². The normalized spacial score (nSPS) is 22.9. The number of ether oxygens (including phenoxy) is 2. The SMILES string of the molecule is O=C(OCc1ccccc1)N1CCN(CCOc2cccc(N3CC4CCC(C3)N4)c2)CC1. The third-order valence-corrected chi connectivity index (χ3v) is 6.91. The van der Waals surface area contributed by atoms with Crippen molar-refractivity contribution < 1.29 is 14.3 Å². The molecule has 2 aromatic carbocycles. The molecule has 5 rings (SSSR count). The van der Waals surface area contributed by atoms with E-state index in [1.165, 1.54) is 18.5 Å². The van der Waals surface area contributed by atoms with Crippen LogP contribution < -0.4 is 15.0 Å². The van der Waals surface area contributed by atoms with Crippen LogP contribution in [0.3, 0.4) is 0 Å². The zero-order valence-corrected chi connectivity index (χ0v) is 19.2. The van der Waals surface area contributed by atoms with Crippen LogP contribution in [0.2, 0.25) is 0 Å². The average molecular weight is 451 g/mol. The van der Waals surface area contributed by atoms with Crippen molar-refractivity contribution >= 4 is 11.8 Å². The molecule has 176 valence electrons. The van der Waals surface area contributed by atoms with E-state index in [1.807, 2.05) is 36.4 Å². The summed E-state index contributed by atoms with van der Waals surface area (Å²) in [6, 6.07) is 19.5. The summed E-state index contributed by atoms with van der Waals surface area (Å²) >= 11 is 0. The number of anilines is 1. The van der Waals surface area contributed by atoms with E-state index in [0.29, 0.717) is 38.4 Å². The van der Waals surface area contributed by atoms with Gasteiger partial charge < -0.3 is 24.6 Å². The Bertz CT molecular complexity index is 905. The Labute approximate surface area is 196 Å². The Morgan fingerprint density at radius 1 is 0.939 bits per heavy atom.